The number of aromatic nitrogens is 4. The molecule has 1 aliphatic heterocycles. The predicted octanol–water partition coefficient (Wildman–Crippen LogP) is 1.59. The number of rotatable bonds is 4. The van der Waals surface area contributed by atoms with E-state index in [1.165, 1.54) is 10.8 Å². The second-order valence-electron chi connectivity index (χ2n) is 6.60. The molecule has 4 N–H and O–H groups in total. The van der Waals surface area contributed by atoms with Crippen LogP contribution in [0, 0.1) is 0 Å². The van der Waals surface area contributed by atoms with Gasteiger partial charge in [0.15, 0.2) is 5.65 Å². The molecule has 8 nitrogen and oxygen atoms in total. The number of ether oxygens (including phenoxy) is 1. The summed E-state index contributed by atoms with van der Waals surface area (Å²) in [7, 11) is 3.19. The van der Waals surface area contributed by atoms with Crippen LogP contribution in [0.3, 0.4) is 0 Å². The Bertz CT molecular complexity index is 733. The van der Waals surface area contributed by atoms with Crippen molar-refractivity contribution < 1.29 is 14.9 Å². The third kappa shape index (κ3) is 3.62. The highest BCUT2D eigenvalue weighted by molar-refractivity contribution is 8.77. The highest BCUT2D eigenvalue weighted by Crippen LogP contribution is 2.42. The van der Waals surface area contributed by atoms with Crippen LogP contribution in [0.5, 0.6) is 0 Å². The summed E-state index contributed by atoms with van der Waals surface area (Å²) >= 11 is 0. The van der Waals surface area contributed by atoms with Crippen LogP contribution in [0.25, 0.3) is 11.2 Å². The predicted molar refractivity (Wildman–Crippen MR) is 94.6 cm³/mol. The van der Waals surface area contributed by atoms with E-state index in [0.717, 1.165) is 0 Å². The van der Waals surface area contributed by atoms with Crippen molar-refractivity contribution in [2.75, 3.05) is 12.3 Å². The highest BCUT2D eigenvalue weighted by atomic mass is 33.1. The van der Waals surface area contributed by atoms with Crippen molar-refractivity contribution in [3.8, 4) is 0 Å². The van der Waals surface area contributed by atoms with Crippen LogP contribution in [0.1, 0.15) is 33.4 Å². The van der Waals surface area contributed by atoms with Gasteiger partial charge in [-0.25, -0.2) is 9.97 Å². The summed E-state index contributed by atoms with van der Waals surface area (Å²) in [6.07, 6.45) is 0.213. The standard InChI is InChI=1S/C14H21N5O3S2/c1-14(2,3)24-23-12-10-11(17-13(15)18-12)19(6-16-10)9-4-7(21)8(5-20)22-9/h6-9,20-21H,4-5H2,1-3H3,(H2,15,17,18)/t7-,8+,9?/m0/s1. The van der Waals surface area contributed by atoms with E-state index in [1.807, 2.05) is 0 Å². The lowest BCUT2D eigenvalue weighted by atomic mass is 10.2. The summed E-state index contributed by atoms with van der Waals surface area (Å²) in [5.74, 6) is 0.165. The van der Waals surface area contributed by atoms with Crippen molar-refractivity contribution in [2.45, 2.75) is 55.4 Å². The summed E-state index contributed by atoms with van der Waals surface area (Å²) in [4.78, 5) is 13.0. The molecule has 0 saturated carbocycles. The minimum atomic E-state index is -0.720. The van der Waals surface area contributed by atoms with Gasteiger partial charge in [0, 0.05) is 11.2 Å². The molecule has 0 radical (unpaired) electrons. The second-order valence-corrected chi connectivity index (χ2v) is 9.55. The molecule has 3 heterocycles. The summed E-state index contributed by atoms with van der Waals surface area (Å²) in [5.41, 5.74) is 7.07. The molecule has 2 aromatic heterocycles. The summed E-state index contributed by atoms with van der Waals surface area (Å²) in [6.45, 7) is 6.13. The quantitative estimate of drug-likeness (QED) is 0.543. The van der Waals surface area contributed by atoms with Gasteiger partial charge in [0.25, 0.3) is 0 Å². The van der Waals surface area contributed by atoms with Gasteiger partial charge in [0.05, 0.1) is 19.0 Å². The van der Waals surface area contributed by atoms with E-state index in [1.54, 1.807) is 21.7 Å². The molecule has 0 amide bonds. The fraction of sp³-hybridized carbons (Fsp3) is 0.643. The smallest absolute Gasteiger partial charge is 0.223 e. The Balaban J connectivity index is 1.93. The number of aliphatic hydroxyl groups is 2. The topological polar surface area (TPSA) is 119 Å². The van der Waals surface area contributed by atoms with Crippen molar-refractivity contribution in [3.63, 3.8) is 0 Å². The molecule has 132 valence electrons. The number of nitrogens with zero attached hydrogens (tertiary/aromatic N) is 4. The summed E-state index contributed by atoms with van der Waals surface area (Å²) < 4.78 is 7.48. The molecular weight excluding hydrogens is 350 g/mol. The lowest BCUT2D eigenvalue weighted by Gasteiger charge is -2.16. The first-order valence-corrected chi connectivity index (χ1v) is 9.73. The zero-order chi connectivity index (χ0) is 17.5. The van der Waals surface area contributed by atoms with Crippen LogP contribution in [-0.4, -0.2) is 53.3 Å². The van der Waals surface area contributed by atoms with Gasteiger partial charge in [-0.3, -0.25) is 4.57 Å². The maximum atomic E-state index is 9.93. The number of imidazole rings is 1. The van der Waals surface area contributed by atoms with Crippen LogP contribution >= 0.6 is 21.6 Å². The molecule has 0 spiro atoms. The Labute approximate surface area is 147 Å². The van der Waals surface area contributed by atoms with Crippen LogP contribution < -0.4 is 5.73 Å². The molecule has 0 bridgehead atoms. The molecule has 1 fully saturated rings. The molecule has 1 aliphatic rings. The van der Waals surface area contributed by atoms with E-state index >= 15 is 0 Å². The number of fused-ring (bicyclic) bond motifs is 1. The molecular formula is C14H21N5O3S2. The highest BCUT2D eigenvalue weighted by Gasteiger charge is 2.35. The lowest BCUT2D eigenvalue weighted by molar-refractivity contribution is -0.0432. The van der Waals surface area contributed by atoms with E-state index in [2.05, 4.69) is 35.7 Å². The number of hydrogen-bond donors (Lipinski definition) is 3. The van der Waals surface area contributed by atoms with Crippen LogP contribution in [-0.2, 0) is 4.74 Å². The van der Waals surface area contributed by atoms with Gasteiger partial charge in [0.1, 0.15) is 22.9 Å². The van der Waals surface area contributed by atoms with E-state index in [-0.39, 0.29) is 17.3 Å². The first kappa shape index (κ1) is 17.7. The average molecular weight is 371 g/mol. The third-order valence-electron chi connectivity index (χ3n) is 3.47. The maximum Gasteiger partial charge on any atom is 0.223 e. The number of nitrogens with two attached hydrogens (primary N) is 1. The number of aliphatic hydroxyl groups excluding tert-OH is 2. The van der Waals surface area contributed by atoms with Crippen molar-refractivity contribution in [2.24, 2.45) is 0 Å². The van der Waals surface area contributed by atoms with E-state index in [9.17, 15) is 10.2 Å². The summed E-state index contributed by atoms with van der Waals surface area (Å²) in [6, 6.07) is 0. The van der Waals surface area contributed by atoms with Crippen molar-refractivity contribution in [1.82, 2.24) is 19.5 Å². The van der Waals surface area contributed by atoms with Gasteiger partial charge < -0.3 is 20.7 Å². The molecule has 1 saturated heterocycles. The fourth-order valence-corrected chi connectivity index (χ4v) is 4.41. The van der Waals surface area contributed by atoms with E-state index in [0.29, 0.717) is 22.6 Å². The molecule has 3 atom stereocenters. The largest absolute Gasteiger partial charge is 0.394 e. The molecule has 2 aromatic rings. The zero-order valence-corrected chi connectivity index (χ0v) is 15.3. The normalized spacial score (nSPS) is 24.8. The van der Waals surface area contributed by atoms with Crippen LogP contribution in [0.4, 0.5) is 5.95 Å². The van der Waals surface area contributed by atoms with E-state index < -0.39 is 18.4 Å². The zero-order valence-electron chi connectivity index (χ0n) is 13.7. The second kappa shape index (κ2) is 6.68. The van der Waals surface area contributed by atoms with Crippen molar-refractivity contribution in [1.29, 1.82) is 0 Å². The molecule has 24 heavy (non-hydrogen) atoms. The van der Waals surface area contributed by atoms with Gasteiger partial charge in [-0.1, -0.05) is 31.6 Å². The van der Waals surface area contributed by atoms with Crippen LogP contribution in [0.15, 0.2) is 11.4 Å². The van der Waals surface area contributed by atoms with Gasteiger partial charge in [-0.2, -0.15) is 4.98 Å². The van der Waals surface area contributed by atoms with Gasteiger partial charge in [-0.15, -0.1) is 0 Å². The third-order valence-corrected chi connectivity index (χ3v) is 6.72. The Hall–Kier alpha value is -1.07. The average Bonchev–Trinajstić information content (AvgIpc) is 3.06. The fourth-order valence-electron chi connectivity index (χ4n) is 2.39. The Morgan fingerprint density at radius 1 is 1.42 bits per heavy atom. The number of nitrogen functional groups attached to an aromatic ring is 1. The number of anilines is 1. The molecule has 10 heteroatoms. The summed E-state index contributed by atoms with van der Waals surface area (Å²) in [5, 5.41) is 19.9. The van der Waals surface area contributed by atoms with Crippen molar-refractivity contribution >= 4 is 38.7 Å². The maximum absolute atomic E-state index is 9.93. The minimum Gasteiger partial charge on any atom is -0.394 e. The lowest BCUT2D eigenvalue weighted by Crippen LogP contribution is -2.24. The molecule has 0 aliphatic carbocycles. The molecule has 1 unspecified atom stereocenters. The monoisotopic (exact) mass is 371 g/mol. The van der Waals surface area contributed by atoms with Crippen LogP contribution in [0.2, 0.25) is 0 Å². The minimum absolute atomic E-state index is 0.0618. The Morgan fingerprint density at radius 2 is 2.17 bits per heavy atom. The Morgan fingerprint density at radius 3 is 2.79 bits per heavy atom. The first-order valence-electron chi connectivity index (χ1n) is 7.58. The first-order chi connectivity index (χ1) is 11.3. The van der Waals surface area contributed by atoms with Crippen molar-refractivity contribution in [3.05, 3.63) is 6.33 Å². The van der Waals surface area contributed by atoms with Gasteiger partial charge >= 0.3 is 0 Å². The Kier molecular flexibility index (Phi) is 4.94. The molecule has 0 aromatic carbocycles. The molecule has 3 rings (SSSR count). The van der Waals surface area contributed by atoms with E-state index in [4.69, 9.17) is 10.5 Å². The SMILES string of the molecule is CC(C)(C)SSc1nc(N)nc2c1ncn2C1C[C@H](O)[C@@H](CO)O1. The van der Waals surface area contributed by atoms with Gasteiger partial charge in [0.2, 0.25) is 5.95 Å². The van der Waals surface area contributed by atoms with Gasteiger partial charge in [-0.05, 0) is 10.8 Å². The number of hydrogen-bond acceptors (Lipinski definition) is 9.